The van der Waals surface area contributed by atoms with Gasteiger partial charge < -0.3 is 15.8 Å². The largest absolute Gasteiger partial charge is 0.462 e. The fraction of sp³-hybridized carbons (Fsp3) is 0.235. The maximum atomic E-state index is 12.1. The van der Waals surface area contributed by atoms with Gasteiger partial charge in [0, 0.05) is 11.4 Å². The van der Waals surface area contributed by atoms with E-state index in [0.29, 0.717) is 28.8 Å². The van der Waals surface area contributed by atoms with Crippen LogP contribution in [0.5, 0.6) is 0 Å². The summed E-state index contributed by atoms with van der Waals surface area (Å²) < 4.78 is 5.13. The Hall–Kier alpha value is -2.67. The third-order valence-electron chi connectivity index (χ3n) is 3.54. The summed E-state index contributed by atoms with van der Waals surface area (Å²) in [6.45, 7) is 5.84. The van der Waals surface area contributed by atoms with E-state index in [2.05, 4.69) is 15.3 Å². The Morgan fingerprint density at radius 3 is 2.62 bits per heavy atom. The van der Waals surface area contributed by atoms with Gasteiger partial charge in [-0.1, -0.05) is 0 Å². The van der Waals surface area contributed by atoms with Gasteiger partial charge in [-0.3, -0.25) is 0 Å². The number of fused-ring (bicyclic) bond motifs is 1. The molecule has 0 bridgehead atoms. The molecule has 2 heterocycles. The van der Waals surface area contributed by atoms with Gasteiger partial charge in [-0.15, -0.1) is 11.3 Å². The van der Waals surface area contributed by atoms with Gasteiger partial charge in [-0.2, -0.15) is 0 Å². The number of hydrogen-bond acceptors (Lipinski definition) is 7. The Kier molecular flexibility index (Phi) is 4.35. The molecule has 3 rings (SSSR count). The summed E-state index contributed by atoms with van der Waals surface area (Å²) in [5.41, 5.74) is 8.11. The number of anilines is 3. The SMILES string of the molecule is CCOC(=O)c1sc2nc(C)nc(Nc3ccc(N)cc3)c2c1C. The van der Waals surface area contributed by atoms with Crippen LogP contribution >= 0.6 is 11.3 Å². The third kappa shape index (κ3) is 3.03. The van der Waals surface area contributed by atoms with E-state index < -0.39 is 0 Å². The molecule has 6 nitrogen and oxygen atoms in total. The van der Waals surface area contributed by atoms with Crippen LogP contribution in [0.4, 0.5) is 17.2 Å². The van der Waals surface area contributed by atoms with Crippen LogP contribution in [0.25, 0.3) is 10.2 Å². The number of rotatable bonds is 4. The molecule has 0 spiro atoms. The molecule has 7 heteroatoms. The normalized spacial score (nSPS) is 10.8. The van der Waals surface area contributed by atoms with Crippen molar-refractivity contribution in [3.8, 4) is 0 Å². The summed E-state index contributed by atoms with van der Waals surface area (Å²) in [5, 5.41) is 4.13. The fourth-order valence-electron chi connectivity index (χ4n) is 2.43. The molecule has 124 valence electrons. The molecule has 2 aromatic heterocycles. The summed E-state index contributed by atoms with van der Waals surface area (Å²) >= 11 is 1.33. The molecule has 0 saturated carbocycles. The molecule has 0 amide bonds. The number of aromatic nitrogens is 2. The Morgan fingerprint density at radius 2 is 1.96 bits per heavy atom. The summed E-state index contributed by atoms with van der Waals surface area (Å²) in [5.74, 6) is 0.984. The van der Waals surface area contributed by atoms with Crippen molar-refractivity contribution >= 4 is 44.7 Å². The number of thiophene rings is 1. The minimum absolute atomic E-state index is 0.325. The van der Waals surface area contributed by atoms with Crippen molar-refractivity contribution < 1.29 is 9.53 Å². The molecular formula is C17H18N4O2S. The molecule has 0 radical (unpaired) electrons. The van der Waals surface area contributed by atoms with E-state index in [1.165, 1.54) is 11.3 Å². The van der Waals surface area contributed by atoms with Crippen molar-refractivity contribution in [1.82, 2.24) is 9.97 Å². The number of esters is 1. The molecule has 24 heavy (non-hydrogen) atoms. The first-order valence-electron chi connectivity index (χ1n) is 7.57. The molecule has 0 aliphatic rings. The van der Waals surface area contributed by atoms with E-state index >= 15 is 0 Å². The van der Waals surface area contributed by atoms with Gasteiger partial charge in [0.25, 0.3) is 0 Å². The lowest BCUT2D eigenvalue weighted by Gasteiger charge is -2.09. The first-order chi connectivity index (χ1) is 11.5. The van der Waals surface area contributed by atoms with E-state index in [-0.39, 0.29) is 5.97 Å². The molecule has 0 unspecified atom stereocenters. The number of nitrogens with zero attached hydrogens (tertiary/aromatic N) is 2. The highest BCUT2D eigenvalue weighted by Crippen LogP contribution is 2.35. The third-order valence-corrected chi connectivity index (χ3v) is 4.70. The lowest BCUT2D eigenvalue weighted by Crippen LogP contribution is -2.04. The quantitative estimate of drug-likeness (QED) is 0.553. The van der Waals surface area contributed by atoms with E-state index in [1.54, 1.807) is 6.92 Å². The fourth-order valence-corrected chi connectivity index (χ4v) is 3.55. The van der Waals surface area contributed by atoms with Crippen molar-refractivity contribution in [1.29, 1.82) is 0 Å². The van der Waals surface area contributed by atoms with Gasteiger partial charge in [-0.05, 0) is 50.6 Å². The molecule has 0 aliphatic heterocycles. The lowest BCUT2D eigenvalue weighted by molar-refractivity contribution is 0.0531. The van der Waals surface area contributed by atoms with Crippen molar-refractivity contribution in [2.45, 2.75) is 20.8 Å². The molecule has 3 N–H and O–H groups in total. The number of ether oxygens (including phenoxy) is 1. The molecule has 0 saturated heterocycles. The molecule has 1 aromatic carbocycles. The molecule has 0 atom stereocenters. The second kappa shape index (κ2) is 6.45. The first-order valence-corrected chi connectivity index (χ1v) is 8.38. The van der Waals surface area contributed by atoms with Crippen LogP contribution in [0.3, 0.4) is 0 Å². The Morgan fingerprint density at radius 1 is 1.25 bits per heavy atom. The van der Waals surface area contributed by atoms with Crippen LogP contribution < -0.4 is 11.1 Å². The Balaban J connectivity index is 2.09. The highest BCUT2D eigenvalue weighted by molar-refractivity contribution is 7.20. The zero-order chi connectivity index (χ0) is 17.3. The van der Waals surface area contributed by atoms with Crippen LogP contribution in [-0.4, -0.2) is 22.5 Å². The van der Waals surface area contributed by atoms with Crippen molar-refractivity contribution in [3.05, 3.63) is 40.5 Å². The predicted octanol–water partition coefficient (Wildman–Crippen LogP) is 3.81. The van der Waals surface area contributed by atoms with Gasteiger partial charge in [0.2, 0.25) is 0 Å². The van der Waals surface area contributed by atoms with Crippen LogP contribution in [0.2, 0.25) is 0 Å². The minimum Gasteiger partial charge on any atom is -0.462 e. The number of nitrogens with one attached hydrogen (secondary N) is 1. The number of nitrogens with two attached hydrogens (primary N) is 1. The second-order valence-electron chi connectivity index (χ2n) is 5.32. The maximum Gasteiger partial charge on any atom is 0.348 e. The van der Waals surface area contributed by atoms with Crippen LogP contribution in [0.15, 0.2) is 24.3 Å². The van der Waals surface area contributed by atoms with Crippen molar-refractivity contribution in [2.24, 2.45) is 0 Å². The predicted molar refractivity (Wildman–Crippen MR) is 97.0 cm³/mol. The first kappa shape index (κ1) is 16.2. The summed E-state index contributed by atoms with van der Waals surface area (Å²) in [6.07, 6.45) is 0. The second-order valence-corrected chi connectivity index (χ2v) is 6.32. The number of aryl methyl sites for hydroxylation is 2. The number of hydrogen-bond donors (Lipinski definition) is 2. The topological polar surface area (TPSA) is 90.1 Å². The summed E-state index contributed by atoms with van der Waals surface area (Å²) in [7, 11) is 0. The van der Waals surface area contributed by atoms with Crippen molar-refractivity contribution in [2.75, 3.05) is 17.7 Å². The van der Waals surface area contributed by atoms with Gasteiger partial charge in [0.05, 0.1) is 12.0 Å². The van der Waals surface area contributed by atoms with Gasteiger partial charge in [-0.25, -0.2) is 14.8 Å². The molecule has 3 aromatic rings. The highest BCUT2D eigenvalue weighted by atomic mass is 32.1. The lowest BCUT2D eigenvalue weighted by atomic mass is 10.2. The zero-order valence-electron chi connectivity index (χ0n) is 13.7. The molecule has 0 aliphatic carbocycles. The minimum atomic E-state index is -0.325. The van der Waals surface area contributed by atoms with Crippen LogP contribution in [-0.2, 0) is 4.74 Å². The number of carbonyl (C=O) groups is 1. The van der Waals surface area contributed by atoms with E-state index in [9.17, 15) is 4.79 Å². The van der Waals surface area contributed by atoms with Crippen molar-refractivity contribution in [3.63, 3.8) is 0 Å². The maximum absolute atomic E-state index is 12.1. The smallest absolute Gasteiger partial charge is 0.348 e. The summed E-state index contributed by atoms with van der Waals surface area (Å²) in [6, 6.07) is 7.40. The van der Waals surface area contributed by atoms with Gasteiger partial charge >= 0.3 is 5.97 Å². The monoisotopic (exact) mass is 342 g/mol. The Labute approximate surface area is 143 Å². The van der Waals surface area contributed by atoms with E-state index in [4.69, 9.17) is 10.5 Å². The van der Waals surface area contributed by atoms with Gasteiger partial charge in [0.1, 0.15) is 21.3 Å². The van der Waals surface area contributed by atoms with Crippen LogP contribution in [0.1, 0.15) is 28.0 Å². The molecular weight excluding hydrogens is 324 g/mol. The number of nitrogen functional groups attached to an aromatic ring is 1. The number of carbonyl (C=O) groups excluding carboxylic acids is 1. The van der Waals surface area contributed by atoms with Gasteiger partial charge in [0.15, 0.2) is 0 Å². The average Bonchev–Trinajstić information content (AvgIpc) is 2.86. The van der Waals surface area contributed by atoms with E-state index in [0.717, 1.165) is 21.5 Å². The van der Waals surface area contributed by atoms with E-state index in [1.807, 2.05) is 38.1 Å². The van der Waals surface area contributed by atoms with Crippen LogP contribution in [0, 0.1) is 13.8 Å². The average molecular weight is 342 g/mol. The highest BCUT2D eigenvalue weighted by Gasteiger charge is 2.21. The summed E-state index contributed by atoms with van der Waals surface area (Å²) in [4.78, 5) is 22.4. The number of benzene rings is 1. The molecule has 0 fully saturated rings. The zero-order valence-corrected chi connectivity index (χ0v) is 14.5. The Bertz CT molecular complexity index is 903. The standard InChI is InChI=1S/C17H18N4O2S/c1-4-23-17(22)14-9(2)13-15(19-10(3)20-16(13)24-14)21-12-7-5-11(18)6-8-12/h5-8H,4,18H2,1-3H3,(H,19,20,21).